The summed E-state index contributed by atoms with van der Waals surface area (Å²) in [6.45, 7) is 4.75. The van der Waals surface area contributed by atoms with E-state index in [1.807, 2.05) is 39.4 Å². The molecule has 2 aromatic heterocycles. The molecule has 0 bridgehead atoms. The van der Waals surface area contributed by atoms with E-state index in [1.165, 1.54) is 5.56 Å². The first-order valence-corrected chi connectivity index (χ1v) is 10.9. The maximum Gasteiger partial charge on any atom is 0.252 e. The minimum absolute atomic E-state index is 0.141. The number of aromatic nitrogens is 2. The summed E-state index contributed by atoms with van der Waals surface area (Å²) < 4.78 is 0. The van der Waals surface area contributed by atoms with Crippen LogP contribution in [0.3, 0.4) is 0 Å². The quantitative estimate of drug-likeness (QED) is 0.331. The van der Waals surface area contributed by atoms with Gasteiger partial charge < -0.3 is 15.7 Å². The van der Waals surface area contributed by atoms with Crippen molar-refractivity contribution in [3.8, 4) is 18.6 Å². The third-order valence-electron chi connectivity index (χ3n) is 4.34. The van der Waals surface area contributed by atoms with Crippen LogP contribution in [0.25, 0.3) is 0 Å². The van der Waals surface area contributed by atoms with E-state index in [1.54, 1.807) is 29.5 Å². The molecule has 0 spiro atoms. The fourth-order valence-electron chi connectivity index (χ4n) is 3.12. The highest BCUT2D eigenvalue weighted by Gasteiger charge is 2.06. The van der Waals surface area contributed by atoms with Gasteiger partial charge in [-0.15, -0.1) is 12.8 Å². The van der Waals surface area contributed by atoms with Crippen LogP contribution in [0.1, 0.15) is 34.4 Å². The summed E-state index contributed by atoms with van der Waals surface area (Å²) in [4.78, 5) is 19.1. The smallest absolute Gasteiger partial charge is 0.252 e. The molecule has 1 aromatic carbocycles. The SMILES string of the molecule is C#C.CNC.Cc1cc(O)cc(C)c1CCCNc1nc(Cc2ccsc2)cc(=O)[nH]1. The van der Waals surface area contributed by atoms with Gasteiger partial charge in [-0.3, -0.25) is 9.78 Å². The predicted molar refractivity (Wildman–Crippen MR) is 131 cm³/mol. The third-order valence-corrected chi connectivity index (χ3v) is 5.07. The molecule has 4 N–H and O–H groups in total. The first-order chi connectivity index (χ1) is 14.9. The first-order valence-electron chi connectivity index (χ1n) is 9.99. The molecule has 3 aromatic rings. The molecule has 0 saturated heterocycles. The number of terminal acetylenes is 1. The summed E-state index contributed by atoms with van der Waals surface area (Å²) in [6, 6.07) is 7.18. The number of nitrogens with zero attached hydrogens (tertiary/aromatic N) is 1. The van der Waals surface area contributed by atoms with Crippen molar-refractivity contribution in [2.75, 3.05) is 26.0 Å². The number of anilines is 1. The summed E-state index contributed by atoms with van der Waals surface area (Å²) >= 11 is 1.64. The molecule has 166 valence electrons. The van der Waals surface area contributed by atoms with Crippen LogP contribution < -0.4 is 16.2 Å². The number of H-pyrrole nitrogens is 1. The van der Waals surface area contributed by atoms with Gasteiger partial charge in [0.1, 0.15) is 5.75 Å². The molecular formula is C24H32N4O2S. The number of phenols is 1. The first kappa shape index (κ1) is 26.0. The number of nitrogens with one attached hydrogen (secondary N) is 3. The number of aryl methyl sites for hydroxylation is 2. The Morgan fingerprint density at radius 3 is 2.39 bits per heavy atom. The van der Waals surface area contributed by atoms with Crippen molar-refractivity contribution in [1.29, 1.82) is 0 Å². The third kappa shape index (κ3) is 9.08. The average Bonchev–Trinajstić information content (AvgIpc) is 3.21. The minimum Gasteiger partial charge on any atom is -0.508 e. The number of thiophene rings is 1. The highest BCUT2D eigenvalue weighted by molar-refractivity contribution is 7.07. The topological polar surface area (TPSA) is 90.0 Å². The Bertz CT molecular complexity index is 971. The summed E-state index contributed by atoms with van der Waals surface area (Å²) in [7, 11) is 3.75. The standard InChI is InChI=1S/C20H23N3O2S.C2H7N.C2H2/c1-13-8-17(24)9-14(2)18(13)4-3-6-21-20-22-16(11-19(25)23-20)10-15-5-7-26-12-15;1-3-2;1-2/h5,7-9,11-12,24H,3-4,6,10H2,1-2H3,(H2,21,22,23,25);3H,1-2H3;1-2H. The van der Waals surface area contributed by atoms with Gasteiger partial charge in [0, 0.05) is 19.0 Å². The maximum absolute atomic E-state index is 11.9. The fraction of sp³-hybridized carbons (Fsp3) is 0.333. The number of aromatic amines is 1. The van der Waals surface area contributed by atoms with Gasteiger partial charge in [-0.1, -0.05) is 0 Å². The Hall–Kier alpha value is -3.08. The van der Waals surface area contributed by atoms with Crippen LogP contribution in [-0.4, -0.2) is 35.7 Å². The van der Waals surface area contributed by atoms with Gasteiger partial charge in [-0.2, -0.15) is 11.3 Å². The molecule has 6 nitrogen and oxygen atoms in total. The van der Waals surface area contributed by atoms with Crippen molar-refractivity contribution in [3.05, 3.63) is 73.3 Å². The van der Waals surface area contributed by atoms with Gasteiger partial charge in [0.15, 0.2) is 0 Å². The fourth-order valence-corrected chi connectivity index (χ4v) is 3.79. The van der Waals surface area contributed by atoms with Crippen molar-refractivity contribution in [3.63, 3.8) is 0 Å². The maximum atomic E-state index is 11.9. The lowest BCUT2D eigenvalue weighted by molar-refractivity contribution is 0.474. The molecule has 0 aliphatic carbocycles. The zero-order valence-corrected chi connectivity index (χ0v) is 19.5. The lowest BCUT2D eigenvalue weighted by atomic mass is 9.98. The number of phenolic OH excluding ortho intramolecular Hbond substituents is 1. The normalized spacial score (nSPS) is 9.74. The molecule has 0 atom stereocenters. The van der Waals surface area contributed by atoms with Crippen LogP contribution in [0.5, 0.6) is 5.75 Å². The molecule has 3 rings (SSSR count). The van der Waals surface area contributed by atoms with Crippen LogP contribution in [0.4, 0.5) is 5.95 Å². The Kier molecular flexibility index (Phi) is 11.7. The molecule has 0 saturated carbocycles. The highest BCUT2D eigenvalue weighted by Crippen LogP contribution is 2.22. The number of aromatic hydroxyl groups is 1. The highest BCUT2D eigenvalue weighted by atomic mass is 32.1. The van der Waals surface area contributed by atoms with E-state index in [-0.39, 0.29) is 5.56 Å². The van der Waals surface area contributed by atoms with Crippen LogP contribution >= 0.6 is 11.3 Å². The van der Waals surface area contributed by atoms with Gasteiger partial charge >= 0.3 is 0 Å². The molecule has 0 unspecified atom stereocenters. The van der Waals surface area contributed by atoms with Gasteiger partial charge in [-0.25, -0.2) is 4.98 Å². The van der Waals surface area contributed by atoms with Crippen molar-refractivity contribution in [2.24, 2.45) is 0 Å². The number of benzene rings is 1. The second-order valence-corrected chi connectivity index (χ2v) is 7.76. The van der Waals surface area contributed by atoms with Crippen molar-refractivity contribution in [1.82, 2.24) is 15.3 Å². The summed E-state index contributed by atoms with van der Waals surface area (Å²) in [5.41, 5.74) is 5.26. The van der Waals surface area contributed by atoms with Crippen molar-refractivity contribution in [2.45, 2.75) is 33.1 Å². The Morgan fingerprint density at radius 1 is 1.16 bits per heavy atom. The summed E-state index contributed by atoms with van der Waals surface area (Å²) in [5.74, 6) is 0.827. The van der Waals surface area contributed by atoms with E-state index >= 15 is 0 Å². The molecule has 0 fully saturated rings. The van der Waals surface area contributed by atoms with E-state index in [2.05, 4.69) is 38.8 Å². The second kappa shape index (κ2) is 14.0. The molecule has 0 radical (unpaired) electrons. The minimum atomic E-state index is -0.141. The molecule has 31 heavy (non-hydrogen) atoms. The predicted octanol–water partition coefficient (Wildman–Crippen LogP) is 3.87. The summed E-state index contributed by atoms with van der Waals surface area (Å²) in [5, 5.41) is 19.7. The van der Waals surface area contributed by atoms with Gasteiger partial charge in [0.05, 0.1) is 5.69 Å². The monoisotopic (exact) mass is 440 g/mol. The zero-order chi connectivity index (χ0) is 23.2. The van der Waals surface area contributed by atoms with Crippen molar-refractivity contribution >= 4 is 17.3 Å². The zero-order valence-electron chi connectivity index (χ0n) is 18.7. The number of rotatable bonds is 7. The van der Waals surface area contributed by atoms with Gasteiger partial charge in [-0.05, 0) is 92.0 Å². The van der Waals surface area contributed by atoms with E-state index in [0.717, 1.165) is 35.2 Å². The molecule has 0 aliphatic rings. The Balaban J connectivity index is 0.000000884. The van der Waals surface area contributed by atoms with Gasteiger partial charge in [0.25, 0.3) is 5.56 Å². The Morgan fingerprint density at radius 2 is 1.81 bits per heavy atom. The number of hydrogen-bond donors (Lipinski definition) is 4. The van der Waals surface area contributed by atoms with Gasteiger partial charge in [0.2, 0.25) is 5.95 Å². The molecule has 0 amide bonds. The molecule has 2 heterocycles. The van der Waals surface area contributed by atoms with E-state index in [4.69, 9.17) is 0 Å². The van der Waals surface area contributed by atoms with Crippen LogP contribution in [0, 0.1) is 26.7 Å². The lowest BCUT2D eigenvalue weighted by Crippen LogP contribution is -2.15. The summed E-state index contributed by atoms with van der Waals surface area (Å²) in [6.07, 6.45) is 10.5. The molecule has 7 heteroatoms. The Labute approximate surface area is 188 Å². The number of hydrogen-bond acceptors (Lipinski definition) is 6. The molecular weight excluding hydrogens is 408 g/mol. The van der Waals surface area contributed by atoms with Crippen molar-refractivity contribution < 1.29 is 5.11 Å². The average molecular weight is 441 g/mol. The molecule has 0 aliphatic heterocycles. The largest absolute Gasteiger partial charge is 0.508 e. The van der Waals surface area contributed by atoms with Crippen LogP contribution in [0.15, 0.2) is 39.8 Å². The van der Waals surface area contributed by atoms with E-state index in [9.17, 15) is 9.90 Å². The van der Waals surface area contributed by atoms with Crippen LogP contribution in [-0.2, 0) is 12.8 Å². The lowest BCUT2D eigenvalue weighted by Gasteiger charge is -2.11. The van der Waals surface area contributed by atoms with Crippen LogP contribution in [0.2, 0.25) is 0 Å². The van der Waals surface area contributed by atoms with E-state index in [0.29, 0.717) is 24.7 Å². The second-order valence-electron chi connectivity index (χ2n) is 6.98. The van der Waals surface area contributed by atoms with E-state index < -0.39 is 0 Å².